The van der Waals surface area contributed by atoms with E-state index in [1.54, 1.807) is 6.07 Å². The highest BCUT2D eigenvalue weighted by molar-refractivity contribution is 7.80. The Labute approximate surface area is 93.8 Å². The number of thiol groups is 1. The highest BCUT2D eigenvalue weighted by Crippen LogP contribution is 2.22. The Hall–Kier alpha value is -0.0500. The van der Waals surface area contributed by atoms with Gasteiger partial charge in [-0.05, 0) is 30.4 Å². The second kappa shape index (κ2) is 5.63. The lowest BCUT2D eigenvalue weighted by Crippen LogP contribution is -2.01. The van der Waals surface area contributed by atoms with Crippen molar-refractivity contribution in [2.75, 3.05) is 17.6 Å². The van der Waals surface area contributed by atoms with E-state index in [0.29, 0.717) is 10.0 Å². The molecule has 0 saturated heterocycles. The Morgan fingerprint density at radius 2 is 1.77 bits per heavy atom. The molecule has 0 aliphatic heterocycles. The molecule has 0 spiro atoms. The van der Waals surface area contributed by atoms with Gasteiger partial charge in [-0.3, -0.25) is 0 Å². The molecule has 0 atom stereocenters. The molecule has 72 valence electrons. The van der Waals surface area contributed by atoms with Crippen LogP contribution in [0.25, 0.3) is 0 Å². The molecule has 1 aromatic rings. The molecule has 0 bridgehead atoms. The first-order chi connectivity index (χ1) is 6.22. The summed E-state index contributed by atoms with van der Waals surface area (Å²) in [5.74, 6) is 0.876. The van der Waals surface area contributed by atoms with Gasteiger partial charge in [0.2, 0.25) is 0 Å². The molecule has 1 nitrogen and oxygen atoms in total. The summed E-state index contributed by atoms with van der Waals surface area (Å²) in [6.45, 7) is 0.889. The van der Waals surface area contributed by atoms with Crippen molar-refractivity contribution < 1.29 is 0 Å². The maximum Gasteiger partial charge on any atom is 0.0441 e. The fourth-order valence-corrected chi connectivity index (χ4v) is 1.65. The first-order valence-electron chi connectivity index (χ1n) is 4.03. The molecular weight excluding hydrogens is 225 g/mol. The number of hydrogen-bond donors (Lipinski definition) is 2. The Morgan fingerprint density at radius 3 is 2.31 bits per heavy atom. The summed E-state index contributed by atoms with van der Waals surface area (Å²) in [4.78, 5) is 0. The third kappa shape index (κ3) is 4.12. The van der Waals surface area contributed by atoms with Gasteiger partial charge in [0.1, 0.15) is 0 Å². The molecule has 0 unspecified atom stereocenters. The highest BCUT2D eigenvalue weighted by Gasteiger charge is 1.96. The van der Waals surface area contributed by atoms with Crippen LogP contribution in [0.15, 0.2) is 18.2 Å². The van der Waals surface area contributed by atoms with Gasteiger partial charge in [0, 0.05) is 22.3 Å². The van der Waals surface area contributed by atoms with Crippen LogP contribution in [-0.4, -0.2) is 12.3 Å². The minimum absolute atomic E-state index is 0.654. The molecule has 1 N–H and O–H groups in total. The van der Waals surface area contributed by atoms with Crippen LogP contribution in [0.3, 0.4) is 0 Å². The maximum absolute atomic E-state index is 5.82. The highest BCUT2D eigenvalue weighted by atomic mass is 35.5. The van der Waals surface area contributed by atoms with Crippen molar-refractivity contribution in [3.63, 3.8) is 0 Å². The minimum atomic E-state index is 0.654. The first-order valence-corrected chi connectivity index (χ1v) is 5.42. The average Bonchev–Trinajstić information content (AvgIpc) is 2.03. The lowest BCUT2D eigenvalue weighted by molar-refractivity contribution is 0.995. The van der Waals surface area contributed by atoms with Crippen LogP contribution >= 0.6 is 35.8 Å². The molecule has 13 heavy (non-hydrogen) atoms. The number of nitrogens with one attached hydrogen (secondary N) is 1. The zero-order chi connectivity index (χ0) is 9.68. The van der Waals surface area contributed by atoms with E-state index < -0.39 is 0 Å². The Balaban J connectivity index is 2.56. The lowest BCUT2D eigenvalue weighted by Gasteiger charge is -2.05. The average molecular weight is 236 g/mol. The van der Waals surface area contributed by atoms with Crippen molar-refractivity contribution in [3.8, 4) is 0 Å². The molecule has 0 aliphatic carbocycles. The normalized spacial score (nSPS) is 10.1. The van der Waals surface area contributed by atoms with Gasteiger partial charge in [-0.2, -0.15) is 12.6 Å². The molecule has 0 radical (unpaired) electrons. The second-order valence-electron chi connectivity index (χ2n) is 2.66. The van der Waals surface area contributed by atoms with Crippen LogP contribution in [0, 0.1) is 0 Å². The van der Waals surface area contributed by atoms with E-state index in [4.69, 9.17) is 23.2 Å². The van der Waals surface area contributed by atoms with Crippen molar-refractivity contribution >= 4 is 41.5 Å². The van der Waals surface area contributed by atoms with E-state index in [1.807, 2.05) is 12.1 Å². The smallest absolute Gasteiger partial charge is 0.0441 e. The Morgan fingerprint density at radius 1 is 1.15 bits per heavy atom. The molecule has 0 saturated carbocycles. The summed E-state index contributed by atoms with van der Waals surface area (Å²) in [7, 11) is 0. The van der Waals surface area contributed by atoms with E-state index in [0.717, 1.165) is 24.4 Å². The molecule has 0 amide bonds. The third-order valence-corrected chi connectivity index (χ3v) is 2.28. The molecule has 1 rings (SSSR count). The topological polar surface area (TPSA) is 12.0 Å². The monoisotopic (exact) mass is 235 g/mol. The molecule has 4 heteroatoms. The molecule has 0 aromatic heterocycles. The van der Waals surface area contributed by atoms with Crippen molar-refractivity contribution in [1.82, 2.24) is 0 Å². The summed E-state index contributed by atoms with van der Waals surface area (Å²) in [5.41, 5.74) is 0.958. The Bertz CT molecular complexity index is 258. The summed E-state index contributed by atoms with van der Waals surface area (Å²) in [6, 6.07) is 5.42. The van der Waals surface area contributed by atoms with Crippen LogP contribution in [0.1, 0.15) is 6.42 Å². The minimum Gasteiger partial charge on any atom is -0.385 e. The van der Waals surface area contributed by atoms with E-state index in [-0.39, 0.29) is 0 Å². The number of halogens is 2. The van der Waals surface area contributed by atoms with E-state index >= 15 is 0 Å². The van der Waals surface area contributed by atoms with Crippen molar-refractivity contribution in [2.24, 2.45) is 0 Å². The quantitative estimate of drug-likeness (QED) is 0.599. The maximum atomic E-state index is 5.82. The molecule has 0 aliphatic rings. The molecular formula is C9H11Cl2NS. The van der Waals surface area contributed by atoms with Gasteiger partial charge in [0.25, 0.3) is 0 Å². The van der Waals surface area contributed by atoms with E-state index in [1.165, 1.54) is 0 Å². The first kappa shape index (κ1) is 11.0. The standard InChI is InChI=1S/C9H11Cl2NS/c10-7-4-8(11)6-9(5-7)12-2-1-3-13/h4-6,12-13H,1-3H2. The summed E-state index contributed by atoms with van der Waals surface area (Å²) < 4.78 is 0. The third-order valence-electron chi connectivity index (χ3n) is 1.53. The van der Waals surface area contributed by atoms with Crippen LogP contribution < -0.4 is 5.32 Å². The second-order valence-corrected chi connectivity index (χ2v) is 3.98. The molecule has 1 aromatic carbocycles. The number of benzene rings is 1. The van der Waals surface area contributed by atoms with Crippen molar-refractivity contribution in [3.05, 3.63) is 28.2 Å². The SMILES string of the molecule is SCCCNc1cc(Cl)cc(Cl)c1. The molecule has 0 heterocycles. The van der Waals surface area contributed by atoms with Gasteiger partial charge in [-0.25, -0.2) is 0 Å². The predicted octanol–water partition coefficient (Wildman–Crippen LogP) is 3.73. The van der Waals surface area contributed by atoms with Gasteiger partial charge in [-0.15, -0.1) is 0 Å². The zero-order valence-corrected chi connectivity index (χ0v) is 9.46. The summed E-state index contributed by atoms with van der Waals surface area (Å²) in [5, 5.41) is 4.52. The predicted molar refractivity (Wildman–Crippen MR) is 63.4 cm³/mol. The molecule has 0 fully saturated rings. The summed E-state index contributed by atoms with van der Waals surface area (Å²) >= 11 is 15.8. The van der Waals surface area contributed by atoms with Gasteiger partial charge < -0.3 is 5.32 Å². The number of rotatable bonds is 4. The van der Waals surface area contributed by atoms with Crippen LogP contribution in [0.5, 0.6) is 0 Å². The van der Waals surface area contributed by atoms with Gasteiger partial charge in [0.05, 0.1) is 0 Å². The van der Waals surface area contributed by atoms with Gasteiger partial charge in [-0.1, -0.05) is 23.2 Å². The van der Waals surface area contributed by atoms with E-state index in [2.05, 4.69) is 17.9 Å². The largest absolute Gasteiger partial charge is 0.385 e. The van der Waals surface area contributed by atoms with Crippen molar-refractivity contribution in [2.45, 2.75) is 6.42 Å². The lowest BCUT2D eigenvalue weighted by atomic mass is 10.3. The van der Waals surface area contributed by atoms with Crippen LogP contribution in [-0.2, 0) is 0 Å². The fourth-order valence-electron chi connectivity index (χ4n) is 0.968. The van der Waals surface area contributed by atoms with Crippen molar-refractivity contribution in [1.29, 1.82) is 0 Å². The summed E-state index contributed by atoms with van der Waals surface area (Å²) in [6.07, 6.45) is 1.02. The van der Waals surface area contributed by atoms with E-state index in [9.17, 15) is 0 Å². The van der Waals surface area contributed by atoms with Crippen LogP contribution in [0.2, 0.25) is 10.0 Å². The van der Waals surface area contributed by atoms with Gasteiger partial charge >= 0.3 is 0 Å². The van der Waals surface area contributed by atoms with Crippen LogP contribution in [0.4, 0.5) is 5.69 Å². The number of anilines is 1. The zero-order valence-electron chi connectivity index (χ0n) is 7.06. The fraction of sp³-hybridized carbons (Fsp3) is 0.333. The Kier molecular flexibility index (Phi) is 4.78. The van der Waals surface area contributed by atoms with Gasteiger partial charge in [0.15, 0.2) is 0 Å². The number of hydrogen-bond acceptors (Lipinski definition) is 2.